The summed E-state index contributed by atoms with van der Waals surface area (Å²) in [6.07, 6.45) is 1.71. The first-order valence-corrected chi connectivity index (χ1v) is 8.98. The van der Waals surface area contributed by atoms with Crippen LogP contribution in [0.2, 0.25) is 0 Å². The summed E-state index contributed by atoms with van der Waals surface area (Å²) in [5.41, 5.74) is 4.01. The number of hydrogen-bond acceptors (Lipinski definition) is 3. The molecule has 0 saturated carbocycles. The fraction of sp³-hybridized carbons (Fsp3) is 0.136. The molecule has 6 heteroatoms. The van der Waals surface area contributed by atoms with E-state index in [4.69, 9.17) is 0 Å². The van der Waals surface area contributed by atoms with Crippen LogP contribution in [0.25, 0.3) is 10.8 Å². The highest BCUT2D eigenvalue weighted by Crippen LogP contribution is 2.25. The third kappa shape index (κ3) is 3.62. The Hall–Kier alpha value is -3.54. The van der Waals surface area contributed by atoms with Gasteiger partial charge in [-0.25, -0.2) is 9.82 Å². The van der Waals surface area contributed by atoms with Gasteiger partial charge in [-0.15, -0.1) is 0 Å². The molecule has 3 aromatic rings. The van der Waals surface area contributed by atoms with Gasteiger partial charge in [-0.1, -0.05) is 42.5 Å². The Morgan fingerprint density at radius 3 is 2.64 bits per heavy atom. The second-order valence-electron chi connectivity index (χ2n) is 6.68. The highest BCUT2D eigenvalue weighted by atomic mass is 19.1. The minimum atomic E-state index is -0.498. The van der Waals surface area contributed by atoms with Gasteiger partial charge in [0.2, 0.25) is 11.8 Å². The predicted octanol–water partition coefficient (Wildman–Crippen LogP) is 3.48. The molecule has 4 rings (SSSR count). The van der Waals surface area contributed by atoms with Crippen molar-refractivity contribution in [2.75, 3.05) is 11.4 Å². The summed E-state index contributed by atoms with van der Waals surface area (Å²) in [7, 11) is 0. The molecule has 0 unspecified atom stereocenters. The first-order valence-electron chi connectivity index (χ1n) is 8.98. The predicted molar refractivity (Wildman–Crippen MR) is 107 cm³/mol. The molecule has 140 valence electrons. The number of benzene rings is 3. The number of nitrogens with zero attached hydrogens (tertiary/aromatic N) is 2. The van der Waals surface area contributed by atoms with Crippen molar-refractivity contribution in [2.24, 2.45) is 11.0 Å². The zero-order chi connectivity index (χ0) is 19.5. The molecular weight excluding hydrogens is 357 g/mol. The lowest BCUT2D eigenvalue weighted by molar-refractivity contribution is -0.126. The number of carbonyl (C=O) groups excluding carboxylic acids is 2. The molecule has 1 aliphatic rings. The van der Waals surface area contributed by atoms with Crippen molar-refractivity contribution in [1.82, 2.24) is 5.43 Å². The van der Waals surface area contributed by atoms with Crippen LogP contribution < -0.4 is 10.3 Å². The van der Waals surface area contributed by atoms with Gasteiger partial charge in [-0.3, -0.25) is 9.59 Å². The Bertz CT molecular complexity index is 1060. The summed E-state index contributed by atoms with van der Waals surface area (Å²) >= 11 is 0. The molecule has 1 saturated heterocycles. The molecule has 2 amide bonds. The zero-order valence-electron chi connectivity index (χ0n) is 15.0. The van der Waals surface area contributed by atoms with Crippen LogP contribution in [0.4, 0.5) is 10.1 Å². The van der Waals surface area contributed by atoms with Gasteiger partial charge in [0, 0.05) is 24.2 Å². The first-order chi connectivity index (χ1) is 13.6. The van der Waals surface area contributed by atoms with Crippen molar-refractivity contribution < 1.29 is 14.0 Å². The summed E-state index contributed by atoms with van der Waals surface area (Å²) in [5, 5.41) is 6.20. The van der Waals surface area contributed by atoms with Gasteiger partial charge in [0.1, 0.15) is 5.82 Å². The normalized spacial score (nSPS) is 16.8. The van der Waals surface area contributed by atoms with E-state index in [2.05, 4.69) is 10.5 Å². The van der Waals surface area contributed by atoms with E-state index < -0.39 is 5.92 Å². The molecule has 3 aromatic carbocycles. The minimum absolute atomic E-state index is 0.104. The van der Waals surface area contributed by atoms with Gasteiger partial charge < -0.3 is 4.90 Å². The Morgan fingerprint density at radius 1 is 1.07 bits per heavy atom. The molecule has 1 N–H and O–H groups in total. The van der Waals surface area contributed by atoms with Crippen LogP contribution in [-0.4, -0.2) is 24.6 Å². The summed E-state index contributed by atoms with van der Waals surface area (Å²) in [4.78, 5) is 26.1. The molecule has 5 nitrogen and oxygen atoms in total. The summed E-state index contributed by atoms with van der Waals surface area (Å²) in [6, 6.07) is 19.5. The maximum absolute atomic E-state index is 13.1. The van der Waals surface area contributed by atoms with E-state index in [1.165, 1.54) is 29.2 Å². The van der Waals surface area contributed by atoms with Gasteiger partial charge >= 0.3 is 0 Å². The number of amides is 2. The van der Waals surface area contributed by atoms with Gasteiger partial charge in [0.15, 0.2) is 0 Å². The molecule has 0 aliphatic carbocycles. The summed E-state index contributed by atoms with van der Waals surface area (Å²) in [6.45, 7) is 0.250. The third-order valence-corrected chi connectivity index (χ3v) is 4.84. The van der Waals surface area contributed by atoms with Gasteiger partial charge in [-0.05, 0) is 35.0 Å². The van der Waals surface area contributed by atoms with E-state index in [0.29, 0.717) is 5.69 Å². The molecular formula is C22H18FN3O2. The number of halogens is 1. The zero-order valence-corrected chi connectivity index (χ0v) is 15.0. The van der Waals surface area contributed by atoms with Gasteiger partial charge in [-0.2, -0.15) is 5.10 Å². The Balaban J connectivity index is 1.42. The van der Waals surface area contributed by atoms with Crippen molar-refractivity contribution in [3.05, 3.63) is 78.1 Å². The van der Waals surface area contributed by atoms with Crippen LogP contribution in [0.5, 0.6) is 0 Å². The number of rotatable bonds is 4. The largest absolute Gasteiger partial charge is 0.312 e. The van der Waals surface area contributed by atoms with Crippen LogP contribution in [0.1, 0.15) is 12.0 Å². The van der Waals surface area contributed by atoms with Gasteiger partial charge in [0.25, 0.3) is 0 Å². The fourth-order valence-electron chi connectivity index (χ4n) is 3.37. The van der Waals surface area contributed by atoms with Crippen LogP contribution in [0.3, 0.4) is 0 Å². The first kappa shape index (κ1) is 17.9. The number of hydrogen-bond donors (Lipinski definition) is 1. The van der Waals surface area contributed by atoms with E-state index in [-0.39, 0.29) is 30.6 Å². The summed E-state index contributed by atoms with van der Waals surface area (Å²) < 4.78 is 13.1. The monoisotopic (exact) mass is 375 g/mol. The van der Waals surface area contributed by atoms with Crippen molar-refractivity contribution >= 4 is 34.5 Å². The molecule has 1 heterocycles. The lowest BCUT2D eigenvalue weighted by Gasteiger charge is -2.16. The molecule has 1 atom stereocenters. The Kier molecular flexibility index (Phi) is 4.85. The summed E-state index contributed by atoms with van der Waals surface area (Å²) in [5.74, 6) is -1.34. The van der Waals surface area contributed by atoms with E-state index in [9.17, 15) is 14.0 Å². The van der Waals surface area contributed by atoms with Crippen LogP contribution in [0.15, 0.2) is 71.8 Å². The molecule has 0 aromatic heterocycles. The Labute approximate surface area is 161 Å². The topological polar surface area (TPSA) is 61.8 Å². The van der Waals surface area contributed by atoms with E-state index in [0.717, 1.165) is 16.3 Å². The Morgan fingerprint density at radius 2 is 1.82 bits per heavy atom. The van der Waals surface area contributed by atoms with Crippen LogP contribution >= 0.6 is 0 Å². The standard InChI is InChI=1S/C22H18FN3O2/c23-18-8-10-19(11-9-18)26-14-17(12-21(26)27)22(28)25-24-13-16-6-3-5-15-4-1-2-7-20(15)16/h1-11,13,17H,12,14H2,(H,25,28)/b24-13+/t17-/m1/s1. The maximum atomic E-state index is 13.1. The SMILES string of the molecule is O=C(N/N=C/c1cccc2ccccc12)[C@@H]1CC(=O)N(c2ccc(F)cc2)C1. The maximum Gasteiger partial charge on any atom is 0.245 e. The second-order valence-corrected chi connectivity index (χ2v) is 6.68. The van der Waals surface area contributed by atoms with E-state index in [1.54, 1.807) is 6.21 Å². The molecule has 1 fully saturated rings. The lowest BCUT2D eigenvalue weighted by Crippen LogP contribution is -2.30. The lowest BCUT2D eigenvalue weighted by atomic mass is 10.1. The number of nitrogens with one attached hydrogen (secondary N) is 1. The molecule has 0 bridgehead atoms. The average molecular weight is 375 g/mol. The second kappa shape index (κ2) is 7.60. The van der Waals surface area contributed by atoms with Crippen LogP contribution in [-0.2, 0) is 9.59 Å². The van der Waals surface area contributed by atoms with Crippen molar-refractivity contribution in [3.8, 4) is 0 Å². The number of anilines is 1. The van der Waals surface area contributed by atoms with Gasteiger partial charge in [0.05, 0.1) is 12.1 Å². The molecule has 28 heavy (non-hydrogen) atoms. The highest BCUT2D eigenvalue weighted by Gasteiger charge is 2.35. The molecule has 0 spiro atoms. The average Bonchev–Trinajstić information content (AvgIpc) is 3.10. The highest BCUT2D eigenvalue weighted by molar-refractivity contribution is 6.01. The van der Waals surface area contributed by atoms with E-state index >= 15 is 0 Å². The fourth-order valence-corrected chi connectivity index (χ4v) is 3.37. The van der Waals surface area contributed by atoms with E-state index in [1.807, 2.05) is 42.5 Å². The number of carbonyl (C=O) groups is 2. The molecule has 0 radical (unpaired) electrons. The third-order valence-electron chi connectivity index (χ3n) is 4.84. The minimum Gasteiger partial charge on any atom is -0.312 e. The number of hydrazone groups is 1. The number of fused-ring (bicyclic) bond motifs is 1. The molecule has 1 aliphatic heterocycles. The van der Waals surface area contributed by atoms with Crippen molar-refractivity contribution in [1.29, 1.82) is 0 Å². The quantitative estimate of drug-likeness (QED) is 0.561. The van der Waals surface area contributed by atoms with Crippen LogP contribution in [0, 0.1) is 11.7 Å². The van der Waals surface area contributed by atoms with Crippen molar-refractivity contribution in [2.45, 2.75) is 6.42 Å². The van der Waals surface area contributed by atoms with Crippen molar-refractivity contribution in [3.63, 3.8) is 0 Å². The smallest absolute Gasteiger partial charge is 0.245 e.